The minimum Gasteiger partial charge on any atom is -0.385 e. The van der Waals surface area contributed by atoms with Crippen molar-refractivity contribution in [2.75, 3.05) is 40.5 Å². The zero-order chi connectivity index (χ0) is 13.4. The summed E-state index contributed by atoms with van der Waals surface area (Å²) in [7, 11) is 3.24. The van der Waals surface area contributed by atoms with Crippen LogP contribution in [0.25, 0.3) is 0 Å². The molecule has 0 bridgehead atoms. The molecule has 0 aromatic carbocycles. The topological polar surface area (TPSA) is 80.3 Å². The van der Waals surface area contributed by atoms with Gasteiger partial charge in [0.1, 0.15) is 5.82 Å². The third-order valence-corrected chi connectivity index (χ3v) is 2.42. The number of amides is 1. The van der Waals surface area contributed by atoms with Gasteiger partial charge in [-0.25, -0.2) is 4.98 Å². The van der Waals surface area contributed by atoms with Gasteiger partial charge in [0.25, 0.3) is 5.91 Å². The van der Waals surface area contributed by atoms with Crippen LogP contribution in [-0.4, -0.2) is 66.5 Å². The maximum Gasteiger partial charge on any atom is 0.293 e. The van der Waals surface area contributed by atoms with Crippen LogP contribution in [0.1, 0.15) is 22.9 Å². The average molecular weight is 256 g/mol. The summed E-state index contributed by atoms with van der Waals surface area (Å²) < 4.78 is 9.98. The Balaban J connectivity index is 2.59. The van der Waals surface area contributed by atoms with Gasteiger partial charge in [-0.1, -0.05) is 0 Å². The van der Waals surface area contributed by atoms with E-state index >= 15 is 0 Å². The molecule has 0 aliphatic rings. The SMILES string of the molecule is COCCCN(CCOC)C(=O)c1n[nH]c(C)n1. The van der Waals surface area contributed by atoms with E-state index in [1.165, 1.54) is 0 Å². The van der Waals surface area contributed by atoms with Crippen molar-refractivity contribution >= 4 is 5.91 Å². The van der Waals surface area contributed by atoms with Crippen molar-refractivity contribution in [3.05, 3.63) is 11.6 Å². The van der Waals surface area contributed by atoms with E-state index in [4.69, 9.17) is 9.47 Å². The Hall–Kier alpha value is -1.47. The molecule has 0 aliphatic carbocycles. The first-order valence-corrected chi connectivity index (χ1v) is 5.85. The van der Waals surface area contributed by atoms with Crippen LogP contribution < -0.4 is 0 Å². The highest BCUT2D eigenvalue weighted by Crippen LogP contribution is 2.01. The Bertz CT molecular complexity index is 367. The lowest BCUT2D eigenvalue weighted by Gasteiger charge is -2.20. The molecule has 0 saturated heterocycles. The predicted octanol–water partition coefficient (Wildman–Crippen LogP) is 0.238. The molecule has 0 atom stereocenters. The molecule has 1 N–H and O–H groups in total. The third kappa shape index (κ3) is 4.42. The lowest BCUT2D eigenvalue weighted by molar-refractivity contribution is 0.0662. The van der Waals surface area contributed by atoms with E-state index in [2.05, 4.69) is 15.2 Å². The minimum atomic E-state index is -0.187. The molecule has 0 unspecified atom stereocenters. The molecule has 7 heteroatoms. The second-order valence-electron chi connectivity index (χ2n) is 3.88. The van der Waals surface area contributed by atoms with Crippen molar-refractivity contribution in [3.8, 4) is 0 Å². The first-order chi connectivity index (χ1) is 8.69. The van der Waals surface area contributed by atoms with Crippen molar-refractivity contribution in [1.82, 2.24) is 20.1 Å². The van der Waals surface area contributed by atoms with Gasteiger partial charge in [-0.2, -0.15) is 0 Å². The number of nitrogens with zero attached hydrogens (tertiary/aromatic N) is 3. The van der Waals surface area contributed by atoms with E-state index in [9.17, 15) is 4.79 Å². The fourth-order valence-corrected chi connectivity index (χ4v) is 1.50. The van der Waals surface area contributed by atoms with E-state index < -0.39 is 0 Å². The summed E-state index contributed by atoms with van der Waals surface area (Å²) in [6.07, 6.45) is 0.773. The van der Waals surface area contributed by atoms with Crippen molar-refractivity contribution in [3.63, 3.8) is 0 Å². The second-order valence-corrected chi connectivity index (χ2v) is 3.88. The molecule has 7 nitrogen and oxygen atoms in total. The number of rotatable bonds is 8. The summed E-state index contributed by atoms with van der Waals surface area (Å²) in [5, 5.41) is 6.54. The normalized spacial score (nSPS) is 10.6. The quantitative estimate of drug-likeness (QED) is 0.674. The van der Waals surface area contributed by atoms with Crippen LogP contribution >= 0.6 is 0 Å². The van der Waals surface area contributed by atoms with Crippen molar-refractivity contribution in [2.24, 2.45) is 0 Å². The van der Waals surface area contributed by atoms with E-state index in [-0.39, 0.29) is 11.7 Å². The zero-order valence-corrected chi connectivity index (χ0v) is 11.1. The van der Waals surface area contributed by atoms with E-state index in [0.717, 1.165) is 6.42 Å². The van der Waals surface area contributed by atoms with Crippen molar-refractivity contribution < 1.29 is 14.3 Å². The number of carbonyl (C=O) groups is 1. The highest BCUT2D eigenvalue weighted by Gasteiger charge is 2.19. The fourth-order valence-electron chi connectivity index (χ4n) is 1.50. The monoisotopic (exact) mass is 256 g/mol. The van der Waals surface area contributed by atoms with Gasteiger partial charge in [0.15, 0.2) is 0 Å². The minimum absolute atomic E-state index is 0.187. The van der Waals surface area contributed by atoms with E-state index in [0.29, 0.717) is 32.1 Å². The Morgan fingerprint density at radius 2 is 2.00 bits per heavy atom. The van der Waals surface area contributed by atoms with Gasteiger partial charge in [-0.05, 0) is 13.3 Å². The molecule has 1 rings (SSSR count). The summed E-state index contributed by atoms with van der Waals surface area (Å²) in [4.78, 5) is 17.9. The number of H-pyrrole nitrogens is 1. The second kappa shape index (κ2) is 7.78. The summed E-state index contributed by atoms with van der Waals surface area (Å²) in [5.41, 5.74) is 0. The molecule has 0 spiro atoms. The largest absolute Gasteiger partial charge is 0.385 e. The Labute approximate surface area is 106 Å². The van der Waals surface area contributed by atoms with Gasteiger partial charge in [-0.3, -0.25) is 9.89 Å². The smallest absolute Gasteiger partial charge is 0.293 e. The highest BCUT2D eigenvalue weighted by atomic mass is 16.5. The lowest BCUT2D eigenvalue weighted by Crippen LogP contribution is -2.36. The fraction of sp³-hybridized carbons (Fsp3) is 0.727. The number of methoxy groups -OCH3 is 2. The van der Waals surface area contributed by atoms with Gasteiger partial charge in [0.2, 0.25) is 5.82 Å². The van der Waals surface area contributed by atoms with Crippen LogP contribution in [0.2, 0.25) is 0 Å². The Kier molecular flexibility index (Phi) is 6.31. The molecular weight excluding hydrogens is 236 g/mol. The molecule has 18 heavy (non-hydrogen) atoms. The van der Waals surface area contributed by atoms with Gasteiger partial charge in [0.05, 0.1) is 6.61 Å². The summed E-state index contributed by atoms with van der Waals surface area (Å²) in [6, 6.07) is 0. The predicted molar refractivity (Wildman–Crippen MR) is 65.4 cm³/mol. The number of carbonyl (C=O) groups excluding carboxylic acids is 1. The number of hydrogen-bond donors (Lipinski definition) is 1. The maximum absolute atomic E-state index is 12.1. The first-order valence-electron chi connectivity index (χ1n) is 5.85. The molecule has 1 aromatic heterocycles. The summed E-state index contributed by atoms with van der Waals surface area (Å²) in [6.45, 7) is 3.98. The van der Waals surface area contributed by atoms with Crippen LogP contribution in [-0.2, 0) is 9.47 Å². The highest BCUT2D eigenvalue weighted by molar-refractivity contribution is 5.90. The number of nitrogens with one attached hydrogen (secondary N) is 1. The van der Waals surface area contributed by atoms with Crippen LogP contribution in [0, 0.1) is 6.92 Å². The van der Waals surface area contributed by atoms with Gasteiger partial charge in [0, 0.05) is 33.9 Å². The molecule has 0 saturated carbocycles. The number of aromatic amines is 1. The van der Waals surface area contributed by atoms with Crippen LogP contribution in [0.5, 0.6) is 0 Å². The molecule has 0 radical (unpaired) electrons. The van der Waals surface area contributed by atoms with Crippen LogP contribution in [0.4, 0.5) is 0 Å². The van der Waals surface area contributed by atoms with E-state index in [1.807, 2.05) is 0 Å². The molecular formula is C11H20N4O3. The maximum atomic E-state index is 12.1. The molecule has 102 valence electrons. The van der Waals surface area contributed by atoms with Crippen molar-refractivity contribution in [1.29, 1.82) is 0 Å². The number of aromatic nitrogens is 3. The van der Waals surface area contributed by atoms with Crippen LogP contribution in [0.15, 0.2) is 0 Å². The summed E-state index contributed by atoms with van der Waals surface area (Å²) in [5.74, 6) is 0.635. The Morgan fingerprint density at radius 3 is 2.56 bits per heavy atom. The number of hydrogen-bond acceptors (Lipinski definition) is 5. The molecule has 1 amide bonds. The third-order valence-electron chi connectivity index (χ3n) is 2.42. The molecule has 0 aliphatic heterocycles. The van der Waals surface area contributed by atoms with E-state index in [1.54, 1.807) is 26.0 Å². The molecule has 1 heterocycles. The molecule has 0 fully saturated rings. The number of ether oxygens (including phenoxy) is 2. The first kappa shape index (κ1) is 14.6. The summed E-state index contributed by atoms with van der Waals surface area (Å²) >= 11 is 0. The van der Waals surface area contributed by atoms with Crippen molar-refractivity contribution in [2.45, 2.75) is 13.3 Å². The van der Waals surface area contributed by atoms with Gasteiger partial charge < -0.3 is 14.4 Å². The standard InChI is InChI=1S/C11H20N4O3/c1-9-12-10(14-13-9)11(16)15(6-8-18-3)5-4-7-17-2/h4-8H2,1-3H3,(H,12,13,14). The van der Waals surface area contributed by atoms with Gasteiger partial charge >= 0.3 is 0 Å². The average Bonchev–Trinajstić information content (AvgIpc) is 2.79. The lowest BCUT2D eigenvalue weighted by atomic mass is 10.3. The number of aryl methyl sites for hydroxylation is 1. The van der Waals surface area contributed by atoms with Gasteiger partial charge in [-0.15, -0.1) is 5.10 Å². The molecule has 1 aromatic rings. The Morgan fingerprint density at radius 1 is 1.28 bits per heavy atom. The van der Waals surface area contributed by atoms with Crippen LogP contribution in [0.3, 0.4) is 0 Å². The zero-order valence-electron chi connectivity index (χ0n) is 11.1.